The van der Waals surface area contributed by atoms with Gasteiger partial charge in [-0.3, -0.25) is 0 Å². The molecule has 0 bridgehead atoms. The summed E-state index contributed by atoms with van der Waals surface area (Å²) in [7, 11) is 0. The highest BCUT2D eigenvalue weighted by Crippen LogP contribution is 2.26. The third-order valence-corrected chi connectivity index (χ3v) is 3.27. The summed E-state index contributed by atoms with van der Waals surface area (Å²) in [6, 6.07) is 6.15. The molecule has 0 atom stereocenters. The highest BCUT2D eigenvalue weighted by molar-refractivity contribution is 9.10. The van der Waals surface area contributed by atoms with Crippen molar-refractivity contribution in [2.75, 3.05) is 13.1 Å². The summed E-state index contributed by atoms with van der Waals surface area (Å²) in [4.78, 5) is 4.31. The van der Waals surface area contributed by atoms with E-state index < -0.39 is 0 Å². The van der Waals surface area contributed by atoms with Crippen LogP contribution >= 0.6 is 15.9 Å². The molecule has 0 spiro atoms. The van der Waals surface area contributed by atoms with Crippen LogP contribution < -0.4 is 5.32 Å². The van der Waals surface area contributed by atoms with E-state index in [4.69, 9.17) is 4.42 Å². The van der Waals surface area contributed by atoms with Crippen LogP contribution in [0.1, 0.15) is 18.4 Å². The second kappa shape index (κ2) is 6.16. The van der Waals surface area contributed by atoms with Crippen LogP contribution in [0.25, 0.3) is 11.3 Å². The van der Waals surface area contributed by atoms with Crippen LogP contribution in [0.5, 0.6) is 0 Å². The van der Waals surface area contributed by atoms with Gasteiger partial charge in [0.15, 0.2) is 11.7 Å². The zero-order valence-electron chi connectivity index (χ0n) is 10.7. The van der Waals surface area contributed by atoms with Crippen molar-refractivity contribution in [1.82, 2.24) is 10.3 Å². The number of hydrogen-bond donors (Lipinski definition) is 1. The molecule has 3 nitrogen and oxygen atoms in total. The Morgan fingerprint density at radius 3 is 2.94 bits per heavy atom. The Labute approximate surface area is 116 Å². The van der Waals surface area contributed by atoms with Crippen LogP contribution in [0.3, 0.4) is 0 Å². The zero-order chi connectivity index (χ0) is 13.0. The maximum absolute atomic E-state index is 5.77. The number of halogens is 1. The predicted octanol–water partition coefficient (Wildman–Crippen LogP) is 3.56. The molecular formula is C14H17BrN2O. The molecule has 2 aromatic rings. The van der Waals surface area contributed by atoms with Gasteiger partial charge in [0.25, 0.3) is 0 Å². The van der Waals surface area contributed by atoms with Crippen LogP contribution in [0.4, 0.5) is 0 Å². The van der Waals surface area contributed by atoms with Gasteiger partial charge in [-0.1, -0.05) is 22.9 Å². The molecule has 4 heteroatoms. The van der Waals surface area contributed by atoms with Crippen LogP contribution in [-0.4, -0.2) is 18.1 Å². The molecule has 0 aliphatic rings. The van der Waals surface area contributed by atoms with Gasteiger partial charge in [0, 0.05) is 23.0 Å². The van der Waals surface area contributed by atoms with E-state index in [0.29, 0.717) is 0 Å². The standard InChI is InChI=1S/C14H17BrN2O/c1-3-16-7-6-14-17-9-13(18-14)12-5-4-11(15)8-10(12)2/h4-5,8-9,16H,3,6-7H2,1-2H3. The lowest BCUT2D eigenvalue weighted by Crippen LogP contribution is -2.16. The van der Waals surface area contributed by atoms with Crippen molar-refractivity contribution in [2.45, 2.75) is 20.3 Å². The summed E-state index contributed by atoms with van der Waals surface area (Å²) in [5.74, 6) is 1.62. The van der Waals surface area contributed by atoms with Gasteiger partial charge in [0.2, 0.25) is 0 Å². The molecule has 0 fully saturated rings. The van der Waals surface area contributed by atoms with Crippen molar-refractivity contribution in [1.29, 1.82) is 0 Å². The Kier molecular flexibility index (Phi) is 4.55. The molecule has 18 heavy (non-hydrogen) atoms. The summed E-state index contributed by atoms with van der Waals surface area (Å²) in [6.07, 6.45) is 2.63. The van der Waals surface area contributed by atoms with E-state index in [2.05, 4.69) is 46.1 Å². The van der Waals surface area contributed by atoms with Crippen molar-refractivity contribution < 1.29 is 4.42 Å². The first-order valence-electron chi connectivity index (χ1n) is 6.12. The molecule has 1 heterocycles. The molecule has 1 aromatic carbocycles. The maximum atomic E-state index is 5.77. The predicted molar refractivity (Wildman–Crippen MR) is 76.6 cm³/mol. The SMILES string of the molecule is CCNCCc1ncc(-c2ccc(Br)cc2C)o1. The number of benzene rings is 1. The van der Waals surface area contributed by atoms with Gasteiger partial charge in [0.1, 0.15) is 0 Å². The molecule has 0 aliphatic carbocycles. The van der Waals surface area contributed by atoms with Crippen LogP contribution in [-0.2, 0) is 6.42 Å². The fourth-order valence-corrected chi connectivity index (χ4v) is 2.30. The van der Waals surface area contributed by atoms with Crippen LogP contribution in [0.15, 0.2) is 33.3 Å². The number of nitrogens with one attached hydrogen (secondary N) is 1. The second-order valence-electron chi connectivity index (χ2n) is 4.18. The first-order valence-corrected chi connectivity index (χ1v) is 6.92. The monoisotopic (exact) mass is 308 g/mol. The average molecular weight is 309 g/mol. The van der Waals surface area contributed by atoms with Crippen molar-refractivity contribution in [3.05, 3.63) is 40.3 Å². The molecule has 0 saturated heterocycles. The van der Waals surface area contributed by atoms with Gasteiger partial charge in [-0.2, -0.15) is 0 Å². The Morgan fingerprint density at radius 1 is 1.39 bits per heavy atom. The Morgan fingerprint density at radius 2 is 2.22 bits per heavy atom. The van der Waals surface area contributed by atoms with E-state index in [9.17, 15) is 0 Å². The number of aromatic nitrogens is 1. The molecule has 0 aliphatic heterocycles. The number of hydrogen-bond acceptors (Lipinski definition) is 3. The van der Waals surface area contributed by atoms with Crippen LogP contribution in [0.2, 0.25) is 0 Å². The number of oxazole rings is 1. The summed E-state index contributed by atoms with van der Waals surface area (Å²) in [5, 5.41) is 3.26. The van der Waals surface area contributed by atoms with Crippen molar-refractivity contribution in [2.24, 2.45) is 0 Å². The minimum absolute atomic E-state index is 0.785. The quantitative estimate of drug-likeness (QED) is 0.858. The van der Waals surface area contributed by atoms with E-state index in [1.165, 1.54) is 5.56 Å². The minimum atomic E-state index is 0.785. The average Bonchev–Trinajstić information content (AvgIpc) is 2.78. The number of nitrogens with zero attached hydrogens (tertiary/aromatic N) is 1. The third-order valence-electron chi connectivity index (χ3n) is 2.77. The van der Waals surface area contributed by atoms with Gasteiger partial charge >= 0.3 is 0 Å². The highest BCUT2D eigenvalue weighted by atomic mass is 79.9. The van der Waals surface area contributed by atoms with E-state index in [1.807, 2.05) is 12.1 Å². The largest absolute Gasteiger partial charge is 0.441 e. The zero-order valence-corrected chi connectivity index (χ0v) is 12.3. The Bertz CT molecular complexity index is 522. The van der Waals surface area contributed by atoms with Gasteiger partial charge in [-0.25, -0.2) is 4.98 Å². The van der Waals surface area contributed by atoms with Crippen molar-refractivity contribution in [3.63, 3.8) is 0 Å². The fraction of sp³-hybridized carbons (Fsp3) is 0.357. The van der Waals surface area contributed by atoms with Crippen molar-refractivity contribution >= 4 is 15.9 Å². The molecule has 0 amide bonds. The van der Waals surface area contributed by atoms with E-state index >= 15 is 0 Å². The third kappa shape index (κ3) is 3.21. The van der Waals surface area contributed by atoms with Gasteiger partial charge in [0.05, 0.1) is 6.20 Å². The Hall–Kier alpha value is -1.13. The normalized spacial score (nSPS) is 10.8. The summed E-state index contributed by atoms with van der Waals surface area (Å²) in [6.45, 7) is 6.03. The fourth-order valence-electron chi connectivity index (χ4n) is 1.83. The molecule has 0 saturated carbocycles. The van der Waals surface area contributed by atoms with E-state index in [-0.39, 0.29) is 0 Å². The highest BCUT2D eigenvalue weighted by Gasteiger charge is 2.08. The van der Waals surface area contributed by atoms with Gasteiger partial charge in [-0.15, -0.1) is 0 Å². The minimum Gasteiger partial charge on any atom is -0.441 e. The lowest BCUT2D eigenvalue weighted by atomic mass is 10.1. The van der Waals surface area contributed by atoms with E-state index in [0.717, 1.165) is 41.2 Å². The number of likely N-dealkylation sites (N-methyl/N-ethyl adjacent to an activating group) is 1. The summed E-state index contributed by atoms with van der Waals surface area (Å²) >= 11 is 3.46. The number of aryl methyl sites for hydroxylation is 1. The van der Waals surface area contributed by atoms with Crippen LogP contribution in [0, 0.1) is 6.92 Å². The topological polar surface area (TPSA) is 38.1 Å². The molecule has 2 rings (SSSR count). The molecule has 96 valence electrons. The van der Waals surface area contributed by atoms with Gasteiger partial charge < -0.3 is 9.73 Å². The van der Waals surface area contributed by atoms with Crippen molar-refractivity contribution in [3.8, 4) is 11.3 Å². The smallest absolute Gasteiger partial charge is 0.196 e. The number of rotatable bonds is 5. The molecular weight excluding hydrogens is 292 g/mol. The van der Waals surface area contributed by atoms with E-state index in [1.54, 1.807) is 6.20 Å². The lowest BCUT2D eigenvalue weighted by Gasteiger charge is -2.02. The summed E-state index contributed by atoms with van der Waals surface area (Å²) in [5.41, 5.74) is 2.28. The summed E-state index contributed by atoms with van der Waals surface area (Å²) < 4.78 is 6.85. The molecule has 1 aromatic heterocycles. The molecule has 0 radical (unpaired) electrons. The Balaban J connectivity index is 2.13. The van der Waals surface area contributed by atoms with Gasteiger partial charge in [-0.05, 0) is 37.2 Å². The molecule has 1 N–H and O–H groups in total. The molecule has 0 unspecified atom stereocenters. The second-order valence-corrected chi connectivity index (χ2v) is 5.10. The first kappa shape index (κ1) is 13.3. The lowest BCUT2D eigenvalue weighted by molar-refractivity contribution is 0.497. The maximum Gasteiger partial charge on any atom is 0.196 e. The first-order chi connectivity index (χ1) is 8.70.